The Morgan fingerprint density at radius 2 is 1.95 bits per heavy atom. The van der Waals surface area contributed by atoms with Crippen LogP contribution in [0.2, 0.25) is 0 Å². The summed E-state index contributed by atoms with van der Waals surface area (Å²) in [6.45, 7) is 5.58. The lowest BCUT2D eigenvalue weighted by atomic mass is 10.2. The van der Waals surface area contributed by atoms with E-state index in [1.807, 2.05) is 6.07 Å². The van der Waals surface area contributed by atoms with Gasteiger partial charge < -0.3 is 15.0 Å². The molecule has 0 radical (unpaired) electrons. The molecule has 2 rings (SSSR count). The molecule has 0 atom stereocenters. The monoisotopic (exact) mass is 264 g/mol. The average Bonchev–Trinajstić information content (AvgIpc) is 2.68. The predicted octanol–water partition coefficient (Wildman–Crippen LogP) is 2.44. The minimum atomic E-state index is 0.530. The van der Waals surface area contributed by atoms with Gasteiger partial charge in [-0.05, 0) is 19.8 Å². The second-order valence-electron chi connectivity index (χ2n) is 4.91. The Morgan fingerprint density at radius 3 is 2.58 bits per heavy atom. The van der Waals surface area contributed by atoms with Crippen LogP contribution in [-0.2, 0) is 11.3 Å². The van der Waals surface area contributed by atoms with E-state index in [0.29, 0.717) is 6.61 Å². The van der Waals surface area contributed by atoms with Gasteiger partial charge in [-0.15, -0.1) is 0 Å². The number of nitrogens with one attached hydrogen (secondary N) is 1. The molecule has 1 aliphatic heterocycles. The molecule has 0 unspecified atom stereocenters. The van der Waals surface area contributed by atoms with Gasteiger partial charge in [-0.2, -0.15) is 4.98 Å². The van der Waals surface area contributed by atoms with Crippen molar-refractivity contribution in [2.24, 2.45) is 0 Å². The third-order valence-electron chi connectivity index (χ3n) is 3.31. The fraction of sp³-hybridized carbons (Fsp3) is 0.714. The van der Waals surface area contributed by atoms with Gasteiger partial charge in [0.25, 0.3) is 0 Å². The van der Waals surface area contributed by atoms with E-state index >= 15 is 0 Å². The van der Waals surface area contributed by atoms with Gasteiger partial charge in [-0.1, -0.05) is 12.8 Å². The van der Waals surface area contributed by atoms with Crippen molar-refractivity contribution in [3.05, 3.63) is 11.8 Å². The molecular weight excluding hydrogens is 240 g/mol. The number of rotatable bonds is 5. The number of methoxy groups -OCH3 is 1. The van der Waals surface area contributed by atoms with Crippen molar-refractivity contribution in [1.82, 2.24) is 9.97 Å². The van der Waals surface area contributed by atoms with Crippen LogP contribution in [-0.4, -0.2) is 36.7 Å². The standard InChI is InChI=1S/C14H24N4O/c1-3-15-13-10-12(11-19-2)16-14(17-13)18-8-6-4-5-7-9-18/h10H,3-9,11H2,1-2H3,(H,15,16,17). The Bertz CT molecular complexity index is 365. The van der Waals surface area contributed by atoms with Crippen LogP contribution in [0.15, 0.2) is 6.07 Å². The Labute approximate surface area is 115 Å². The maximum absolute atomic E-state index is 5.19. The van der Waals surface area contributed by atoms with Gasteiger partial charge in [0.1, 0.15) is 5.82 Å². The Kier molecular flexibility index (Phi) is 5.39. The van der Waals surface area contributed by atoms with Gasteiger partial charge in [0, 0.05) is 32.8 Å². The van der Waals surface area contributed by atoms with Gasteiger partial charge >= 0.3 is 0 Å². The zero-order chi connectivity index (χ0) is 13.5. The van der Waals surface area contributed by atoms with Gasteiger partial charge in [-0.25, -0.2) is 4.98 Å². The Balaban J connectivity index is 2.20. The van der Waals surface area contributed by atoms with Crippen LogP contribution >= 0.6 is 0 Å². The van der Waals surface area contributed by atoms with E-state index < -0.39 is 0 Å². The quantitative estimate of drug-likeness (QED) is 0.885. The molecule has 19 heavy (non-hydrogen) atoms. The summed E-state index contributed by atoms with van der Waals surface area (Å²) in [7, 11) is 1.70. The molecule has 0 aromatic carbocycles. The highest BCUT2D eigenvalue weighted by atomic mass is 16.5. The number of aromatic nitrogens is 2. The number of anilines is 2. The molecule has 0 aliphatic carbocycles. The maximum atomic E-state index is 5.19. The molecule has 0 bridgehead atoms. The lowest BCUT2D eigenvalue weighted by Crippen LogP contribution is -2.26. The summed E-state index contributed by atoms with van der Waals surface area (Å²) in [5.74, 6) is 1.73. The van der Waals surface area contributed by atoms with Crippen LogP contribution in [0.25, 0.3) is 0 Å². The number of hydrogen-bond acceptors (Lipinski definition) is 5. The van der Waals surface area contributed by atoms with Crippen LogP contribution in [0.3, 0.4) is 0 Å². The molecule has 1 aromatic heterocycles. The molecule has 1 aromatic rings. The van der Waals surface area contributed by atoms with E-state index in [1.54, 1.807) is 7.11 Å². The van der Waals surface area contributed by atoms with Crippen molar-refractivity contribution in [2.75, 3.05) is 37.0 Å². The van der Waals surface area contributed by atoms with Gasteiger partial charge in [0.05, 0.1) is 12.3 Å². The second kappa shape index (κ2) is 7.28. The minimum Gasteiger partial charge on any atom is -0.378 e. The lowest BCUT2D eigenvalue weighted by molar-refractivity contribution is 0.181. The molecule has 0 amide bonds. The smallest absolute Gasteiger partial charge is 0.227 e. The molecule has 0 saturated carbocycles. The fourth-order valence-electron chi connectivity index (χ4n) is 2.39. The molecule has 1 N–H and O–H groups in total. The SMILES string of the molecule is CCNc1cc(COC)nc(N2CCCCCC2)n1. The lowest BCUT2D eigenvalue weighted by Gasteiger charge is -2.21. The molecule has 5 nitrogen and oxygen atoms in total. The average molecular weight is 264 g/mol. The van der Waals surface area contributed by atoms with Gasteiger partial charge in [0.15, 0.2) is 0 Å². The maximum Gasteiger partial charge on any atom is 0.227 e. The van der Waals surface area contributed by atoms with E-state index in [9.17, 15) is 0 Å². The summed E-state index contributed by atoms with van der Waals surface area (Å²) in [6.07, 6.45) is 5.09. The van der Waals surface area contributed by atoms with Crippen molar-refractivity contribution < 1.29 is 4.74 Å². The highest BCUT2D eigenvalue weighted by Crippen LogP contribution is 2.18. The zero-order valence-electron chi connectivity index (χ0n) is 12.0. The van der Waals surface area contributed by atoms with E-state index in [2.05, 4.69) is 27.1 Å². The summed E-state index contributed by atoms with van der Waals surface area (Å²) < 4.78 is 5.19. The van der Waals surface area contributed by atoms with Crippen molar-refractivity contribution in [1.29, 1.82) is 0 Å². The fourth-order valence-corrected chi connectivity index (χ4v) is 2.39. The van der Waals surface area contributed by atoms with E-state index in [4.69, 9.17) is 4.74 Å². The number of nitrogens with zero attached hydrogens (tertiary/aromatic N) is 3. The van der Waals surface area contributed by atoms with Crippen molar-refractivity contribution in [3.63, 3.8) is 0 Å². The van der Waals surface area contributed by atoms with E-state index in [0.717, 1.165) is 37.1 Å². The van der Waals surface area contributed by atoms with Gasteiger partial charge in [-0.3, -0.25) is 0 Å². The van der Waals surface area contributed by atoms with Gasteiger partial charge in [0.2, 0.25) is 5.95 Å². The van der Waals surface area contributed by atoms with Crippen LogP contribution < -0.4 is 10.2 Å². The predicted molar refractivity (Wildman–Crippen MR) is 77.6 cm³/mol. The highest BCUT2D eigenvalue weighted by Gasteiger charge is 2.14. The van der Waals surface area contributed by atoms with Crippen molar-refractivity contribution >= 4 is 11.8 Å². The van der Waals surface area contributed by atoms with Crippen LogP contribution in [0, 0.1) is 0 Å². The summed E-state index contributed by atoms with van der Waals surface area (Å²) in [6, 6.07) is 1.97. The molecule has 1 fully saturated rings. The first-order valence-electron chi connectivity index (χ1n) is 7.19. The topological polar surface area (TPSA) is 50.3 Å². The summed E-state index contributed by atoms with van der Waals surface area (Å²) in [4.78, 5) is 11.5. The number of hydrogen-bond donors (Lipinski definition) is 1. The molecule has 106 valence electrons. The Morgan fingerprint density at radius 1 is 1.21 bits per heavy atom. The third kappa shape index (κ3) is 4.06. The summed E-state index contributed by atoms with van der Waals surface area (Å²) >= 11 is 0. The zero-order valence-corrected chi connectivity index (χ0v) is 12.0. The first-order valence-corrected chi connectivity index (χ1v) is 7.19. The van der Waals surface area contributed by atoms with Crippen LogP contribution in [0.5, 0.6) is 0 Å². The highest BCUT2D eigenvalue weighted by molar-refractivity contribution is 5.43. The minimum absolute atomic E-state index is 0.530. The first kappa shape index (κ1) is 14.1. The number of ether oxygens (including phenoxy) is 1. The van der Waals surface area contributed by atoms with Crippen LogP contribution in [0.1, 0.15) is 38.3 Å². The summed E-state index contributed by atoms with van der Waals surface area (Å²) in [5.41, 5.74) is 0.938. The second-order valence-corrected chi connectivity index (χ2v) is 4.91. The van der Waals surface area contributed by atoms with E-state index in [-0.39, 0.29) is 0 Å². The van der Waals surface area contributed by atoms with Crippen molar-refractivity contribution in [3.8, 4) is 0 Å². The first-order chi connectivity index (χ1) is 9.33. The molecule has 2 heterocycles. The normalized spacial score (nSPS) is 16.2. The van der Waals surface area contributed by atoms with Crippen LogP contribution in [0.4, 0.5) is 11.8 Å². The Hall–Kier alpha value is -1.36. The molecule has 1 aliphatic rings. The molecule has 5 heteroatoms. The molecule has 0 spiro atoms. The summed E-state index contributed by atoms with van der Waals surface area (Å²) in [5, 5.41) is 3.27. The van der Waals surface area contributed by atoms with E-state index in [1.165, 1.54) is 25.7 Å². The third-order valence-corrected chi connectivity index (χ3v) is 3.31. The molecular formula is C14H24N4O. The van der Waals surface area contributed by atoms with Crippen molar-refractivity contribution in [2.45, 2.75) is 39.2 Å². The molecule has 1 saturated heterocycles. The largest absolute Gasteiger partial charge is 0.378 e.